The first-order chi connectivity index (χ1) is 14.6. The fourth-order valence-corrected chi connectivity index (χ4v) is 3.34. The van der Waals surface area contributed by atoms with Crippen molar-refractivity contribution in [3.63, 3.8) is 0 Å². The Morgan fingerprint density at radius 3 is 2.55 bits per heavy atom. The van der Waals surface area contributed by atoms with Crippen LogP contribution in [0.2, 0.25) is 0 Å². The monoisotopic (exact) mass is 438 g/mol. The normalized spacial score (nSPS) is 19.0. The Morgan fingerprint density at radius 1 is 1.29 bits per heavy atom. The van der Waals surface area contributed by atoms with Gasteiger partial charge in [-0.1, -0.05) is 13.8 Å². The fraction of sp³-hybridized carbons (Fsp3) is 0.632. The van der Waals surface area contributed by atoms with E-state index in [1.165, 1.54) is 17.4 Å². The van der Waals surface area contributed by atoms with E-state index < -0.39 is 54.5 Å². The molecule has 0 bridgehead atoms. The SMILES string of the molecule is CC(C)C(N)C(=O)NC(Cc1cnc[nH]1)C(=O)N1CCCC1C(=O)NC(CO)C(=O)O. The first-order valence-corrected chi connectivity index (χ1v) is 10.1. The van der Waals surface area contributed by atoms with Crippen LogP contribution >= 0.6 is 0 Å². The number of carboxylic acids is 1. The lowest BCUT2D eigenvalue weighted by Crippen LogP contribution is -2.58. The Hall–Kier alpha value is -2.99. The number of H-pyrrole nitrogens is 1. The predicted molar refractivity (Wildman–Crippen MR) is 108 cm³/mol. The summed E-state index contributed by atoms with van der Waals surface area (Å²) in [7, 11) is 0. The molecule has 4 unspecified atom stereocenters. The van der Waals surface area contributed by atoms with Gasteiger partial charge in [0, 0.05) is 24.9 Å². The van der Waals surface area contributed by atoms with E-state index in [2.05, 4.69) is 20.6 Å². The second-order valence-corrected chi connectivity index (χ2v) is 7.88. The van der Waals surface area contributed by atoms with Crippen LogP contribution < -0.4 is 16.4 Å². The summed E-state index contributed by atoms with van der Waals surface area (Å²) in [5.74, 6) is -3.15. The molecule has 0 aliphatic carbocycles. The maximum absolute atomic E-state index is 13.3. The number of amides is 3. The lowest BCUT2D eigenvalue weighted by Gasteiger charge is -2.30. The van der Waals surface area contributed by atoms with Gasteiger partial charge >= 0.3 is 5.97 Å². The zero-order chi connectivity index (χ0) is 23.1. The van der Waals surface area contributed by atoms with Gasteiger partial charge in [-0.3, -0.25) is 14.4 Å². The highest BCUT2D eigenvalue weighted by Crippen LogP contribution is 2.20. The molecule has 1 saturated heterocycles. The number of aliphatic carboxylic acids is 1. The Kier molecular flexibility index (Phi) is 8.51. The van der Waals surface area contributed by atoms with E-state index in [-0.39, 0.29) is 18.9 Å². The second-order valence-electron chi connectivity index (χ2n) is 7.88. The van der Waals surface area contributed by atoms with Crippen LogP contribution in [-0.4, -0.2) is 86.1 Å². The van der Waals surface area contributed by atoms with Crippen molar-refractivity contribution in [2.75, 3.05) is 13.2 Å². The van der Waals surface area contributed by atoms with Gasteiger partial charge in [0.15, 0.2) is 0 Å². The number of aliphatic hydroxyl groups excluding tert-OH is 1. The molecule has 12 heteroatoms. The molecule has 31 heavy (non-hydrogen) atoms. The molecule has 3 amide bonds. The number of nitrogens with zero attached hydrogens (tertiary/aromatic N) is 2. The van der Waals surface area contributed by atoms with Crippen molar-refractivity contribution in [2.45, 2.75) is 57.3 Å². The Bertz CT molecular complexity index is 783. The molecule has 1 aliphatic rings. The van der Waals surface area contributed by atoms with Gasteiger partial charge in [-0.2, -0.15) is 0 Å². The highest BCUT2D eigenvalue weighted by molar-refractivity contribution is 5.94. The molecular formula is C19H30N6O6. The standard InChI is InChI=1S/C19H30N6O6/c1-10(2)15(20)17(28)23-12(6-11-7-21-9-22-11)18(29)25-5-3-4-14(25)16(27)24-13(8-26)19(30)31/h7,9-10,12-15,26H,3-6,8,20H2,1-2H3,(H,21,22)(H,23,28)(H,24,27)(H,30,31). The summed E-state index contributed by atoms with van der Waals surface area (Å²) in [5.41, 5.74) is 6.52. The zero-order valence-corrected chi connectivity index (χ0v) is 17.6. The molecule has 1 aliphatic heterocycles. The highest BCUT2D eigenvalue weighted by atomic mass is 16.4. The van der Waals surface area contributed by atoms with Crippen molar-refractivity contribution in [1.29, 1.82) is 0 Å². The minimum Gasteiger partial charge on any atom is -0.480 e. The van der Waals surface area contributed by atoms with E-state index in [4.69, 9.17) is 15.9 Å². The number of carboxylic acid groups (broad SMARTS) is 1. The van der Waals surface area contributed by atoms with Gasteiger partial charge in [-0.25, -0.2) is 9.78 Å². The number of likely N-dealkylation sites (tertiary alicyclic amines) is 1. The van der Waals surface area contributed by atoms with Crippen LogP contribution in [0, 0.1) is 5.92 Å². The third kappa shape index (κ3) is 6.25. The lowest BCUT2D eigenvalue weighted by atomic mass is 10.0. The molecule has 2 rings (SSSR count). The number of carbonyl (C=O) groups excluding carboxylic acids is 3. The average Bonchev–Trinajstić information content (AvgIpc) is 3.41. The molecule has 2 heterocycles. The van der Waals surface area contributed by atoms with Crippen LogP contribution in [0.1, 0.15) is 32.4 Å². The Morgan fingerprint density at radius 2 is 2.00 bits per heavy atom. The van der Waals surface area contributed by atoms with Gasteiger partial charge in [0.1, 0.15) is 18.1 Å². The Balaban J connectivity index is 2.18. The lowest BCUT2D eigenvalue weighted by molar-refractivity contribution is -0.145. The van der Waals surface area contributed by atoms with Gasteiger partial charge in [-0.05, 0) is 18.8 Å². The minimum absolute atomic E-state index is 0.120. The predicted octanol–water partition coefficient (Wildman–Crippen LogP) is -2.03. The van der Waals surface area contributed by atoms with Crippen LogP contribution in [0.25, 0.3) is 0 Å². The summed E-state index contributed by atoms with van der Waals surface area (Å²) in [6.07, 6.45) is 3.98. The minimum atomic E-state index is -1.46. The zero-order valence-electron chi connectivity index (χ0n) is 17.6. The molecule has 0 radical (unpaired) electrons. The van der Waals surface area contributed by atoms with Crippen molar-refractivity contribution in [3.05, 3.63) is 18.2 Å². The molecule has 1 aromatic rings. The summed E-state index contributed by atoms with van der Waals surface area (Å²) in [6.45, 7) is 3.08. The number of imidazole rings is 1. The molecule has 0 saturated carbocycles. The fourth-order valence-electron chi connectivity index (χ4n) is 3.34. The van der Waals surface area contributed by atoms with E-state index in [1.807, 2.05) is 0 Å². The van der Waals surface area contributed by atoms with Gasteiger partial charge in [0.2, 0.25) is 17.7 Å². The smallest absolute Gasteiger partial charge is 0.328 e. The van der Waals surface area contributed by atoms with Crippen molar-refractivity contribution < 1.29 is 29.4 Å². The van der Waals surface area contributed by atoms with Crippen LogP contribution in [0.5, 0.6) is 0 Å². The number of hydrogen-bond acceptors (Lipinski definition) is 7. The van der Waals surface area contributed by atoms with E-state index in [0.717, 1.165) is 0 Å². The molecule has 1 fully saturated rings. The largest absolute Gasteiger partial charge is 0.480 e. The van der Waals surface area contributed by atoms with Gasteiger partial charge in [-0.15, -0.1) is 0 Å². The third-order valence-corrected chi connectivity index (χ3v) is 5.25. The summed E-state index contributed by atoms with van der Waals surface area (Å²) in [5, 5.41) is 23.1. The van der Waals surface area contributed by atoms with Gasteiger partial charge < -0.3 is 36.5 Å². The molecule has 12 nitrogen and oxygen atoms in total. The number of aromatic nitrogens is 2. The van der Waals surface area contributed by atoms with Gasteiger partial charge in [0.05, 0.1) is 19.0 Å². The van der Waals surface area contributed by atoms with Crippen molar-refractivity contribution in [2.24, 2.45) is 11.7 Å². The molecule has 4 atom stereocenters. The molecular weight excluding hydrogens is 408 g/mol. The highest BCUT2D eigenvalue weighted by Gasteiger charge is 2.39. The summed E-state index contributed by atoms with van der Waals surface area (Å²) in [6, 6.07) is -4.16. The summed E-state index contributed by atoms with van der Waals surface area (Å²) >= 11 is 0. The molecule has 0 spiro atoms. The van der Waals surface area contributed by atoms with E-state index in [1.54, 1.807) is 13.8 Å². The first-order valence-electron chi connectivity index (χ1n) is 10.1. The van der Waals surface area contributed by atoms with E-state index in [0.29, 0.717) is 18.5 Å². The molecule has 7 N–H and O–H groups in total. The number of hydrogen-bond donors (Lipinski definition) is 6. The van der Waals surface area contributed by atoms with Crippen LogP contribution in [-0.2, 0) is 25.6 Å². The van der Waals surface area contributed by atoms with Crippen LogP contribution in [0.15, 0.2) is 12.5 Å². The molecule has 172 valence electrons. The number of nitrogens with one attached hydrogen (secondary N) is 3. The van der Waals surface area contributed by atoms with Gasteiger partial charge in [0.25, 0.3) is 0 Å². The summed E-state index contributed by atoms with van der Waals surface area (Å²) < 4.78 is 0. The Labute approximate surface area is 179 Å². The average molecular weight is 438 g/mol. The van der Waals surface area contributed by atoms with E-state index >= 15 is 0 Å². The number of rotatable bonds is 10. The van der Waals surface area contributed by atoms with Crippen LogP contribution in [0.3, 0.4) is 0 Å². The molecule has 1 aromatic heterocycles. The topological polar surface area (TPSA) is 191 Å². The van der Waals surface area contributed by atoms with Crippen molar-refractivity contribution in [3.8, 4) is 0 Å². The first kappa shape index (κ1) is 24.3. The number of aliphatic hydroxyl groups is 1. The second kappa shape index (κ2) is 10.9. The maximum Gasteiger partial charge on any atom is 0.328 e. The van der Waals surface area contributed by atoms with Crippen molar-refractivity contribution >= 4 is 23.7 Å². The maximum atomic E-state index is 13.3. The van der Waals surface area contributed by atoms with Crippen LogP contribution in [0.4, 0.5) is 0 Å². The third-order valence-electron chi connectivity index (χ3n) is 5.25. The number of nitrogens with two attached hydrogens (primary N) is 1. The van der Waals surface area contributed by atoms with E-state index in [9.17, 15) is 19.2 Å². The van der Waals surface area contributed by atoms with Crippen molar-refractivity contribution in [1.82, 2.24) is 25.5 Å². The molecule has 0 aromatic carbocycles. The number of aromatic amines is 1. The summed E-state index contributed by atoms with van der Waals surface area (Å²) in [4.78, 5) is 57.6. The number of carbonyl (C=O) groups is 4. The quantitative estimate of drug-likeness (QED) is 0.241.